The van der Waals surface area contributed by atoms with Crippen LogP contribution in [0.25, 0.3) is 0 Å². The second-order valence-corrected chi connectivity index (χ2v) is 5.90. The molecule has 0 aliphatic rings. The fourth-order valence-corrected chi connectivity index (χ4v) is 1.86. The SMILES string of the molecule is CC(C)(C)OC(=O)NC(C)(CC(=O)O)c1ccccc1. The molecule has 1 rings (SSSR count). The molecule has 0 aliphatic heterocycles. The third kappa shape index (κ3) is 4.91. The molecule has 1 aromatic rings. The van der Waals surface area contributed by atoms with Crippen LogP contribution >= 0.6 is 0 Å². The summed E-state index contributed by atoms with van der Waals surface area (Å²) < 4.78 is 5.19. The van der Waals surface area contributed by atoms with Gasteiger partial charge in [0.2, 0.25) is 0 Å². The van der Waals surface area contributed by atoms with Crippen LogP contribution in [0.1, 0.15) is 39.7 Å². The highest BCUT2D eigenvalue weighted by Gasteiger charge is 2.33. The minimum Gasteiger partial charge on any atom is -0.481 e. The van der Waals surface area contributed by atoms with E-state index < -0.39 is 23.2 Å². The van der Waals surface area contributed by atoms with Crippen LogP contribution in [0, 0.1) is 0 Å². The van der Waals surface area contributed by atoms with Gasteiger partial charge in [-0.05, 0) is 33.3 Å². The third-order valence-electron chi connectivity index (χ3n) is 2.69. The van der Waals surface area contributed by atoms with Gasteiger partial charge in [-0.3, -0.25) is 4.79 Å². The van der Waals surface area contributed by atoms with Crippen LogP contribution in [-0.2, 0) is 15.1 Å². The average molecular weight is 279 g/mol. The van der Waals surface area contributed by atoms with Gasteiger partial charge in [0.15, 0.2) is 0 Å². The lowest BCUT2D eigenvalue weighted by Gasteiger charge is -2.31. The highest BCUT2D eigenvalue weighted by atomic mass is 16.6. The molecule has 0 aliphatic carbocycles. The van der Waals surface area contributed by atoms with Crippen molar-refractivity contribution >= 4 is 12.1 Å². The van der Waals surface area contributed by atoms with E-state index in [0.29, 0.717) is 5.56 Å². The number of carboxylic acids is 1. The number of amides is 1. The van der Waals surface area contributed by atoms with E-state index in [4.69, 9.17) is 9.84 Å². The van der Waals surface area contributed by atoms with Crippen molar-refractivity contribution in [1.29, 1.82) is 0 Å². The Morgan fingerprint density at radius 2 is 1.70 bits per heavy atom. The Labute approximate surface area is 118 Å². The van der Waals surface area contributed by atoms with E-state index in [1.807, 2.05) is 6.07 Å². The molecule has 20 heavy (non-hydrogen) atoms. The van der Waals surface area contributed by atoms with Gasteiger partial charge in [-0.25, -0.2) is 4.79 Å². The lowest BCUT2D eigenvalue weighted by molar-refractivity contribution is -0.138. The molecule has 0 spiro atoms. The predicted molar refractivity (Wildman–Crippen MR) is 75.4 cm³/mol. The number of ether oxygens (including phenoxy) is 1. The highest BCUT2D eigenvalue weighted by Crippen LogP contribution is 2.25. The fraction of sp³-hybridized carbons (Fsp3) is 0.467. The van der Waals surface area contributed by atoms with Gasteiger partial charge in [0.05, 0.1) is 12.0 Å². The molecule has 110 valence electrons. The Morgan fingerprint density at radius 1 is 1.15 bits per heavy atom. The molecular formula is C15H21NO4. The summed E-state index contributed by atoms with van der Waals surface area (Å²) in [5.74, 6) is -0.993. The molecule has 5 nitrogen and oxygen atoms in total. The van der Waals surface area contributed by atoms with E-state index in [1.54, 1.807) is 52.0 Å². The summed E-state index contributed by atoms with van der Waals surface area (Å²) in [5, 5.41) is 11.7. The molecule has 0 saturated heterocycles. The van der Waals surface area contributed by atoms with Crippen LogP contribution in [0.2, 0.25) is 0 Å². The third-order valence-corrected chi connectivity index (χ3v) is 2.69. The monoisotopic (exact) mass is 279 g/mol. The number of nitrogens with one attached hydrogen (secondary N) is 1. The fourth-order valence-electron chi connectivity index (χ4n) is 1.86. The first kappa shape index (κ1) is 16.0. The summed E-state index contributed by atoms with van der Waals surface area (Å²) in [6.45, 7) is 6.93. The number of alkyl carbamates (subject to hydrolysis) is 1. The molecule has 0 aromatic heterocycles. The minimum atomic E-state index is -1.02. The van der Waals surface area contributed by atoms with E-state index in [9.17, 15) is 9.59 Å². The highest BCUT2D eigenvalue weighted by molar-refractivity contribution is 5.73. The van der Waals surface area contributed by atoms with Crippen molar-refractivity contribution in [1.82, 2.24) is 5.32 Å². The number of carboxylic acid groups (broad SMARTS) is 1. The van der Waals surface area contributed by atoms with Gasteiger partial charge in [0.1, 0.15) is 5.60 Å². The summed E-state index contributed by atoms with van der Waals surface area (Å²) in [5.41, 5.74) is -0.936. The van der Waals surface area contributed by atoms with E-state index in [1.165, 1.54) is 0 Å². The first-order valence-corrected chi connectivity index (χ1v) is 6.41. The second kappa shape index (κ2) is 5.94. The van der Waals surface area contributed by atoms with Gasteiger partial charge in [0, 0.05) is 0 Å². The molecule has 0 heterocycles. The topological polar surface area (TPSA) is 75.6 Å². The van der Waals surface area contributed by atoms with Crippen LogP contribution in [0.5, 0.6) is 0 Å². The maximum absolute atomic E-state index is 11.9. The van der Waals surface area contributed by atoms with Crippen LogP contribution < -0.4 is 5.32 Å². The van der Waals surface area contributed by atoms with Crippen LogP contribution in [0.4, 0.5) is 4.79 Å². The Balaban J connectivity index is 2.96. The Bertz CT molecular complexity index is 478. The van der Waals surface area contributed by atoms with E-state index >= 15 is 0 Å². The molecule has 0 fully saturated rings. The molecular weight excluding hydrogens is 258 g/mol. The van der Waals surface area contributed by atoms with Gasteiger partial charge in [-0.15, -0.1) is 0 Å². The summed E-state index contributed by atoms with van der Waals surface area (Å²) in [4.78, 5) is 23.0. The lowest BCUT2D eigenvalue weighted by atomic mass is 9.89. The van der Waals surface area contributed by atoms with Gasteiger partial charge < -0.3 is 15.2 Å². The van der Waals surface area contributed by atoms with E-state index in [2.05, 4.69) is 5.32 Å². The Kier molecular flexibility index (Phi) is 4.76. The van der Waals surface area contributed by atoms with Crippen molar-refractivity contribution < 1.29 is 19.4 Å². The number of hydrogen-bond acceptors (Lipinski definition) is 3. The zero-order chi connectivity index (χ0) is 15.4. The molecule has 5 heteroatoms. The molecule has 0 saturated carbocycles. The molecule has 1 atom stereocenters. The molecule has 0 bridgehead atoms. The molecule has 0 radical (unpaired) electrons. The standard InChI is InChI=1S/C15H21NO4/c1-14(2,3)20-13(19)16-15(4,10-12(17)18)11-8-6-5-7-9-11/h5-9H,10H2,1-4H3,(H,16,19)(H,17,18). The Hall–Kier alpha value is -2.04. The quantitative estimate of drug-likeness (QED) is 0.888. The smallest absolute Gasteiger partial charge is 0.408 e. The van der Waals surface area contributed by atoms with Crippen molar-refractivity contribution in [3.8, 4) is 0 Å². The maximum Gasteiger partial charge on any atom is 0.408 e. The van der Waals surface area contributed by atoms with E-state index in [-0.39, 0.29) is 6.42 Å². The number of benzene rings is 1. The van der Waals surface area contributed by atoms with Crippen molar-refractivity contribution in [2.45, 2.75) is 45.3 Å². The zero-order valence-corrected chi connectivity index (χ0v) is 12.3. The lowest BCUT2D eigenvalue weighted by Crippen LogP contribution is -2.47. The summed E-state index contributed by atoms with van der Waals surface area (Å²) >= 11 is 0. The zero-order valence-electron chi connectivity index (χ0n) is 12.3. The second-order valence-electron chi connectivity index (χ2n) is 5.90. The maximum atomic E-state index is 11.9. The van der Waals surface area contributed by atoms with Crippen molar-refractivity contribution in [2.75, 3.05) is 0 Å². The molecule has 1 aromatic carbocycles. The number of hydrogen-bond donors (Lipinski definition) is 2. The predicted octanol–water partition coefficient (Wildman–Crippen LogP) is 2.90. The van der Waals surface area contributed by atoms with Gasteiger partial charge in [0.25, 0.3) is 0 Å². The normalized spacial score (nSPS) is 14.2. The minimum absolute atomic E-state index is 0.226. The van der Waals surface area contributed by atoms with Gasteiger partial charge in [-0.1, -0.05) is 30.3 Å². The van der Waals surface area contributed by atoms with Crippen molar-refractivity contribution in [3.63, 3.8) is 0 Å². The summed E-state index contributed by atoms with van der Waals surface area (Å²) in [6, 6.07) is 8.98. The first-order valence-electron chi connectivity index (χ1n) is 6.41. The number of carbonyl (C=O) groups excluding carboxylic acids is 1. The van der Waals surface area contributed by atoms with Crippen LogP contribution in [-0.4, -0.2) is 22.8 Å². The number of aliphatic carboxylic acids is 1. The van der Waals surface area contributed by atoms with Crippen molar-refractivity contribution in [2.24, 2.45) is 0 Å². The molecule has 2 N–H and O–H groups in total. The summed E-state index contributed by atoms with van der Waals surface area (Å²) in [6.07, 6.45) is -0.860. The first-order chi connectivity index (χ1) is 9.12. The largest absolute Gasteiger partial charge is 0.481 e. The Morgan fingerprint density at radius 3 is 2.15 bits per heavy atom. The van der Waals surface area contributed by atoms with Gasteiger partial charge in [-0.2, -0.15) is 0 Å². The average Bonchev–Trinajstić information content (AvgIpc) is 2.26. The number of rotatable bonds is 4. The van der Waals surface area contributed by atoms with E-state index in [0.717, 1.165) is 0 Å². The van der Waals surface area contributed by atoms with Crippen molar-refractivity contribution in [3.05, 3.63) is 35.9 Å². The summed E-state index contributed by atoms with van der Waals surface area (Å²) in [7, 11) is 0. The number of carbonyl (C=O) groups is 2. The molecule has 1 amide bonds. The molecule has 1 unspecified atom stereocenters. The van der Waals surface area contributed by atoms with Crippen LogP contribution in [0.15, 0.2) is 30.3 Å². The van der Waals surface area contributed by atoms with Gasteiger partial charge >= 0.3 is 12.1 Å². The van der Waals surface area contributed by atoms with Crippen LogP contribution in [0.3, 0.4) is 0 Å².